The summed E-state index contributed by atoms with van der Waals surface area (Å²) in [5, 5.41) is 12.8. The van der Waals surface area contributed by atoms with Crippen molar-refractivity contribution >= 4 is 0 Å². The maximum absolute atomic E-state index is 8.64. The minimum Gasteiger partial charge on any atom is -0.339 e. The van der Waals surface area contributed by atoms with Gasteiger partial charge in [0.1, 0.15) is 0 Å². The van der Waals surface area contributed by atoms with Crippen LogP contribution in [0, 0.1) is 11.3 Å². The molecule has 108 valence electrons. The third-order valence-corrected chi connectivity index (χ3v) is 5.03. The molecule has 3 unspecified atom stereocenters. The average Bonchev–Trinajstić information content (AvgIpc) is 2.99. The molecule has 1 aromatic rings. The molecule has 0 spiro atoms. The number of hydrogen-bond donors (Lipinski definition) is 0. The van der Waals surface area contributed by atoms with Crippen molar-refractivity contribution in [2.45, 2.75) is 69.4 Å². The molecule has 0 N–H and O–H groups in total. The number of hydrogen-bond acceptors (Lipinski definition) is 5. The predicted molar refractivity (Wildman–Crippen MR) is 74.1 cm³/mol. The Kier molecular flexibility index (Phi) is 3.75. The molecule has 0 aromatic carbocycles. The van der Waals surface area contributed by atoms with Gasteiger partial charge in [0, 0.05) is 30.3 Å². The van der Waals surface area contributed by atoms with Crippen molar-refractivity contribution in [3.8, 4) is 6.07 Å². The second-order valence-electron chi connectivity index (χ2n) is 6.31. The van der Waals surface area contributed by atoms with Crippen LogP contribution >= 0.6 is 0 Å². The third kappa shape index (κ3) is 2.45. The highest BCUT2D eigenvalue weighted by molar-refractivity contribution is 5.06. The van der Waals surface area contributed by atoms with E-state index in [9.17, 15) is 0 Å². The van der Waals surface area contributed by atoms with E-state index in [1.165, 1.54) is 12.8 Å². The second kappa shape index (κ2) is 5.53. The Labute approximate surface area is 120 Å². The predicted octanol–water partition coefficient (Wildman–Crippen LogP) is 2.82. The van der Waals surface area contributed by atoms with Crippen molar-refractivity contribution in [3.63, 3.8) is 0 Å². The molecule has 2 bridgehead atoms. The smallest absolute Gasteiger partial charge is 0.229 e. The molecule has 5 heteroatoms. The van der Waals surface area contributed by atoms with Crippen molar-refractivity contribution in [1.29, 1.82) is 5.26 Å². The van der Waals surface area contributed by atoms with E-state index < -0.39 is 0 Å². The zero-order chi connectivity index (χ0) is 14.1. The van der Waals surface area contributed by atoms with Crippen molar-refractivity contribution in [1.82, 2.24) is 15.0 Å². The molecule has 2 saturated heterocycles. The molecule has 0 aliphatic carbocycles. The van der Waals surface area contributed by atoms with Crippen LogP contribution in [0.15, 0.2) is 4.52 Å². The fraction of sp³-hybridized carbons (Fsp3) is 0.800. The zero-order valence-electron chi connectivity index (χ0n) is 12.2. The summed E-state index contributed by atoms with van der Waals surface area (Å²) in [5.41, 5.74) is 0. The molecule has 2 aliphatic rings. The Balaban J connectivity index is 1.67. The van der Waals surface area contributed by atoms with Gasteiger partial charge in [0.15, 0.2) is 5.82 Å². The van der Waals surface area contributed by atoms with Crippen molar-refractivity contribution in [2.24, 2.45) is 0 Å². The summed E-state index contributed by atoms with van der Waals surface area (Å²) >= 11 is 0. The Morgan fingerprint density at radius 1 is 1.40 bits per heavy atom. The molecule has 2 aliphatic heterocycles. The van der Waals surface area contributed by atoms with Crippen LogP contribution < -0.4 is 0 Å². The maximum atomic E-state index is 8.64. The average molecular weight is 274 g/mol. The molecule has 0 saturated carbocycles. The first kappa shape index (κ1) is 13.6. The van der Waals surface area contributed by atoms with Crippen LogP contribution in [0.4, 0.5) is 0 Å². The first-order valence-electron chi connectivity index (χ1n) is 7.61. The molecule has 1 aromatic heterocycles. The van der Waals surface area contributed by atoms with Crippen LogP contribution in [0.5, 0.6) is 0 Å². The molecule has 0 amide bonds. The van der Waals surface area contributed by atoms with Gasteiger partial charge in [-0.3, -0.25) is 0 Å². The Bertz CT molecular complexity index is 492. The zero-order valence-corrected chi connectivity index (χ0v) is 12.2. The largest absolute Gasteiger partial charge is 0.339 e. The third-order valence-electron chi connectivity index (χ3n) is 5.03. The number of nitriles is 1. The highest BCUT2D eigenvalue weighted by Crippen LogP contribution is 2.41. The lowest BCUT2D eigenvalue weighted by molar-refractivity contribution is 0.157. The monoisotopic (exact) mass is 274 g/mol. The van der Waals surface area contributed by atoms with E-state index in [1.54, 1.807) is 0 Å². The topological polar surface area (TPSA) is 66.0 Å². The van der Waals surface area contributed by atoms with Gasteiger partial charge in [-0.15, -0.1) is 0 Å². The van der Waals surface area contributed by atoms with E-state index in [-0.39, 0.29) is 5.92 Å². The maximum Gasteiger partial charge on any atom is 0.229 e. The minimum atomic E-state index is 0.180. The Hall–Kier alpha value is -1.41. The molecule has 5 nitrogen and oxygen atoms in total. The molecular formula is C15H22N4O. The van der Waals surface area contributed by atoms with Gasteiger partial charge in [-0.1, -0.05) is 12.1 Å². The fourth-order valence-electron chi connectivity index (χ4n) is 3.64. The van der Waals surface area contributed by atoms with E-state index >= 15 is 0 Å². The summed E-state index contributed by atoms with van der Waals surface area (Å²) in [4.78, 5) is 7.12. The molecule has 20 heavy (non-hydrogen) atoms. The molecule has 0 radical (unpaired) electrons. The van der Waals surface area contributed by atoms with Gasteiger partial charge in [0.05, 0.1) is 6.07 Å². The highest BCUT2D eigenvalue weighted by Gasteiger charge is 2.40. The second-order valence-corrected chi connectivity index (χ2v) is 6.31. The van der Waals surface area contributed by atoms with Crippen LogP contribution in [-0.2, 0) is 0 Å². The van der Waals surface area contributed by atoms with Crippen molar-refractivity contribution in [2.75, 3.05) is 7.05 Å². The summed E-state index contributed by atoms with van der Waals surface area (Å²) < 4.78 is 5.41. The lowest BCUT2D eigenvalue weighted by atomic mass is 9.90. The van der Waals surface area contributed by atoms with E-state index in [2.05, 4.69) is 28.2 Å². The summed E-state index contributed by atoms with van der Waals surface area (Å²) in [7, 11) is 2.24. The first-order chi connectivity index (χ1) is 9.69. The van der Waals surface area contributed by atoms with Gasteiger partial charge in [0.2, 0.25) is 5.89 Å². The van der Waals surface area contributed by atoms with Gasteiger partial charge in [0.25, 0.3) is 0 Å². The minimum absolute atomic E-state index is 0.180. The summed E-state index contributed by atoms with van der Waals surface area (Å²) in [6.07, 6.45) is 6.24. The number of rotatable bonds is 4. The van der Waals surface area contributed by atoms with Crippen molar-refractivity contribution < 1.29 is 4.52 Å². The van der Waals surface area contributed by atoms with Gasteiger partial charge >= 0.3 is 0 Å². The van der Waals surface area contributed by atoms with Crippen LogP contribution in [0.25, 0.3) is 0 Å². The molecule has 3 heterocycles. The van der Waals surface area contributed by atoms with E-state index in [0.717, 1.165) is 25.1 Å². The van der Waals surface area contributed by atoms with Crippen molar-refractivity contribution in [3.05, 3.63) is 11.7 Å². The van der Waals surface area contributed by atoms with Crippen LogP contribution in [0.2, 0.25) is 0 Å². The summed E-state index contributed by atoms with van der Waals surface area (Å²) in [5.74, 6) is 2.21. The van der Waals surface area contributed by atoms with Gasteiger partial charge in [-0.25, -0.2) is 0 Å². The van der Waals surface area contributed by atoms with Gasteiger partial charge < -0.3 is 9.42 Å². The highest BCUT2D eigenvalue weighted by atomic mass is 16.5. The van der Waals surface area contributed by atoms with Crippen LogP contribution in [-0.4, -0.2) is 34.2 Å². The number of aromatic nitrogens is 2. The summed E-state index contributed by atoms with van der Waals surface area (Å²) in [6.45, 7) is 2.05. The van der Waals surface area contributed by atoms with Gasteiger partial charge in [-0.05, 0) is 39.2 Å². The molecule has 3 atom stereocenters. The van der Waals surface area contributed by atoms with E-state index in [1.807, 2.05) is 6.92 Å². The fourth-order valence-corrected chi connectivity index (χ4v) is 3.64. The normalized spacial score (nSPS) is 31.1. The number of nitrogens with zero attached hydrogens (tertiary/aromatic N) is 4. The lowest BCUT2D eigenvalue weighted by Gasteiger charge is -2.34. The Morgan fingerprint density at radius 3 is 2.75 bits per heavy atom. The summed E-state index contributed by atoms with van der Waals surface area (Å²) in [6, 6.07) is 3.55. The number of piperidine rings is 1. The standard InChI is InChI=1S/C15H22N4O/c1-10(4-3-7-16)15-17-14(18-20-15)11-8-12-5-6-13(9-11)19(12)2/h10-13H,3-6,8-9H2,1-2H3. The Morgan fingerprint density at radius 2 is 2.10 bits per heavy atom. The molecule has 3 rings (SSSR count). The van der Waals surface area contributed by atoms with Crippen LogP contribution in [0.3, 0.4) is 0 Å². The van der Waals surface area contributed by atoms with E-state index in [4.69, 9.17) is 9.78 Å². The first-order valence-corrected chi connectivity index (χ1v) is 7.61. The SMILES string of the molecule is CC(CCC#N)c1nc(C2CC3CCC(C2)N3C)no1. The van der Waals surface area contributed by atoms with Gasteiger partial charge in [-0.2, -0.15) is 10.2 Å². The molecule has 2 fully saturated rings. The molecular weight excluding hydrogens is 252 g/mol. The quantitative estimate of drug-likeness (QED) is 0.844. The lowest BCUT2D eigenvalue weighted by Crippen LogP contribution is -2.39. The van der Waals surface area contributed by atoms with E-state index in [0.29, 0.717) is 30.3 Å². The number of fused-ring (bicyclic) bond motifs is 2. The van der Waals surface area contributed by atoms with Crippen LogP contribution in [0.1, 0.15) is 69.0 Å².